The first-order valence-electron chi connectivity index (χ1n) is 7.32. The number of carbonyl (C=O) groups excluding carboxylic acids is 1. The Morgan fingerprint density at radius 1 is 1.00 bits per heavy atom. The fraction of sp³-hybridized carbons (Fsp3) is 0.857. The van der Waals surface area contributed by atoms with E-state index in [4.69, 9.17) is 9.47 Å². The van der Waals surface area contributed by atoms with Gasteiger partial charge >= 0.3 is 5.97 Å². The van der Waals surface area contributed by atoms with Crippen LogP contribution in [-0.2, 0) is 19.0 Å². The third kappa shape index (κ3) is 13.4. The predicted molar refractivity (Wildman–Crippen MR) is 82.5 cm³/mol. The lowest BCUT2D eigenvalue weighted by Gasteiger charge is -2.11. The van der Waals surface area contributed by atoms with E-state index >= 15 is 0 Å². The summed E-state index contributed by atoms with van der Waals surface area (Å²) in [5.74, 6) is 0.607. The summed E-state index contributed by atoms with van der Waals surface area (Å²) in [5, 5.41) is 6.41. The number of hydrogen-bond donors (Lipinski definition) is 2. The van der Waals surface area contributed by atoms with Crippen molar-refractivity contribution in [1.29, 1.82) is 0 Å². The fourth-order valence-electron chi connectivity index (χ4n) is 1.55. The molecule has 0 fully saturated rings. The first-order chi connectivity index (χ1) is 10.2. The van der Waals surface area contributed by atoms with Crippen LogP contribution in [0.1, 0.15) is 25.7 Å². The summed E-state index contributed by atoms with van der Waals surface area (Å²) in [4.78, 5) is 15.1. The molecular formula is C14H29N3O4. The minimum atomic E-state index is -0.161. The second-order valence-electron chi connectivity index (χ2n) is 4.42. The largest absolute Gasteiger partial charge is 0.469 e. The van der Waals surface area contributed by atoms with Crippen LogP contribution in [0.15, 0.2) is 4.99 Å². The SMILES string of the molecule is CN=C(NCCCCC(=O)OC)NCCCOCCOC. The van der Waals surface area contributed by atoms with Crippen LogP contribution in [0.25, 0.3) is 0 Å². The number of guanidine groups is 1. The van der Waals surface area contributed by atoms with Crippen LogP contribution >= 0.6 is 0 Å². The molecule has 0 rings (SSSR count). The number of esters is 1. The predicted octanol–water partition coefficient (Wildman–Crippen LogP) is 0.548. The van der Waals surface area contributed by atoms with Gasteiger partial charge in [0.05, 0.1) is 20.3 Å². The number of methoxy groups -OCH3 is 2. The van der Waals surface area contributed by atoms with Gasteiger partial charge in [-0.05, 0) is 19.3 Å². The van der Waals surface area contributed by atoms with Crippen LogP contribution < -0.4 is 10.6 Å². The van der Waals surface area contributed by atoms with E-state index in [1.54, 1.807) is 14.2 Å². The molecule has 7 nitrogen and oxygen atoms in total. The van der Waals surface area contributed by atoms with Gasteiger partial charge in [0.25, 0.3) is 0 Å². The Kier molecular flexibility index (Phi) is 14.1. The zero-order valence-electron chi connectivity index (χ0n) is 13.4. The first-order valence-corrected chi connectivity index (χ1v) is 7.32. The zero-order valence-corrected chi connectivity index (χ0v) is 13.4. The van der Waals surface area contributed by atoms with Crippen molar-refractivity contribution in [3.8, 4) is 0 Å². The van der Waals surface area contributed by atoms with E-state index in [9.17, 15) is 4.79 Å². The number of unbranched alkanes of at least 4 members (excludes halogenated alkanes) is 1. The molecule has 0 amide bonds. The average molecular weight is 303 g/mol. The van der Waals surface area contributed by atoms with Gasteiger partial charge in [0.2, 0.25) is 0 Å². The number of carbonyl (C=O) groups is 1. The Morgan fingerprint density at radius 3 is 2.33 bits per heavy atom. The number of ether oxygens (including phenoxy) is 3. The molecule has 0 radical (unpaired) electrons. The maximum atomic E-state index is 10.9. The van der Waals surface area contributed by atoms with E-state index in [2.05, 4.69) is 20.4 Å². The molecule has 0 saturated heterocycles. The molecule has 21 heavy (non-hydrogen) atoms. The van der Waals surface area contributed by atoms with Crippen LogP contribution in [0.2, 0.25) is 0 Å². The second-order valence-corrected chi connectivity index (χ2v) is 4.42. The lowest BCUT2D eigenvalue weighted by atomic mass is 10.2. The molecule has 0 atom stereocenters. The molecule has 7 heteroatoms. The van der Waals surface area contributed by atoms with Crippen molar-refractivity contribution in [1.82, 2.24) is 10.6 Å². The molecule has 0 aromatic heterocycles. The van der Waals surface area contributed by atoms with Gasteiger partial charge < -0.3 is 24.8 Å². The summed E-state index contributed by atoms with van der Waals surface area (Å²) >= 11 is 0. The van der Waals surface area contributed by atoms with E-state index < -0.39 is 0 Å². The normalized spacial score (nSPS) is 11.3. The molecule has 0 aliphatic rings. The van der Waals surface area contributed by atoms with E-state index in [-0.39, 0.29) is 5.97 Å². The summed E-state index contributed by atoms with van der Waals surface area (Å²) in [7, 11) is 4.80. The molecule has 0 spiro atoms. The highest BCUT2D eigenvalue weighted by molar-refractivity contribution is 5.79. The standard InChI is InChI=1S/C14H29N3O4/c1-15-14(16-8-5-4-7-13(18)20-3)17-9-6-10-21-12-11-19-2/h4-12H2,1-3H3,(H2,15,16,17). The maximum Gasteiger partial charge on any atom is 0.305 e. The summed E-state index contributed by atoms with van der Waals surface area (Å²) in [5.41, 5.74) is 0. The molecule has 0 bridgehead atoms. The Hall–Kier alpha value is -1.34. The third-order valence-electron chi connectivity index (χ3n) is 2.74. The topological polar surface area (TPSA) is 81.2 Å². The minimum Gasteiger partial charge on any atom is -0.469 e. The molecule has 0 aliphatic carbocycles. The fourth-order valence-corrected chi connectivity index (χ4v) is 1.55. The van der Waals surface area contributed by atoms with E-state index in [0.717, 1.165) is 38.3 Å². The summed E-state index contributed by atoms with van der Waals surface area (Å²) in [6.07, 6.45) is 3.08. The molecule has 0 heterocycles. The lowest BCUT2D eigenvalue weighted by molar-refractivity contribution is -0.140. The molecule has 124 valence electrons. The van der Waals surface area contributed by atoms with Gasteiger partial charge in [-0.2, -0.15) is 0 Å². The number of aliphatic imine (C=N–C) groups is 1. The van der Waals surface area contributed by atoms with Gasteiger partial charge in [0, 0.05) is 40.3 Å². The highest BCUT2D eigenvalue weighted by Crippen LogP contribution is 1.95. The van der Waals surface area contributed by atoms with Crippen LogP contribution in [-0.4, -0.2) is 66.1 Å². The maximum absolute atomic E-state index is 10.9. The van der Waals surface area contributed by atoms with E-state index in [1.807, 2.05) is 0 Å². The lowest BCUT2D eigenvalue weighted by Crippen LogP contribution is -2.38. The smallest absolute Gasteiger partial charge is 0.305 e. The van der Waals surface area contributed by atoms with Gasteiger partial charge in [-0.3, -0.25) is 9.79 Å². The second kappa shape index (κ2) is 15.1. The summed E-state index contributed by atoms with van der Waals surface area (Å²) in [6, 6.07) is 0. The highest BCUT2D eigenvalue weighted by atomic mass is 16.5. The van der Waals surface area contributed by atoms with Crippen LogP contribution in [0.5, 0.6) is 0 Å². The van der Waals surface area contributed by atoms with Crippen LogP contribution in [0.3, 0.4) is 0 Å². The zero-order chi connectivity index (χ0) is 15.8. The summed E-state index contributed by atoms with van der Waals surface area (Å²) in [6.45, 7) is 3.54. The Labute approximate surface area is 127 Å². The molecule has 0 aromatic rings. The molecule has 0 unspecified atom stereocenters. The van der Waals surface area contributed by atoms with Gasteiger partial charge in [0.1, 0.15) is 0 Å². The van der Waals surface area contributed by atoms with Crippen molar-refractivity contribution >= 4 is 11.9 Å². The van der Waals surface area contributed by atoms with E-state index in [1.165, 1.54) is 7.11 Å². The van der Waals surface area contributed by atoms with Crippen LogP contribution in [0.4, 0.5) is 0 Å². The summed E-state index contributed by atoms with van der Waals surface area (Å²) < 4.78 is 14.8. The van der Waals surface area contributed by atoms with Gasteiger partial charge in [-0.25, -0.2) is 0 Å². The number of rotatable bonds is 12. The van der Waals surface area contributed by atoms with Crippen molar-refractivity contribution in [3.05, 3.63) is 0 Å². The molecule has 0 aliphatic heterocycles. The van der Waals surface area contributed by atoms with Crippen molar-refractivity contribution in [2.24, 2.45) is 4.99 Å². The Balaban J connectivity index is 3.44. The van der Waals surface area contributed by atoms with Crippen molar-refractivity contribution in [3.63, 3.8) is 0 Å². The number of hydrogen-bond acceptors (Lipinski definition) is 5. The minimum absolute atomic E-state index is 0.161. The number of nitrogens with one attached hydrogen (secondary N) is 2. The molecule has 0 saturated carbocycles. The van der Waals surface area contributed by atoms with Crippen molar-refractivity contribution in [2.45, 2.75) is 25.7 Å². The van der Waals surface area contributed by atoms with Crippen molar-refractivity contribution < 1.29 is 19.0 Å². The quantitative estimate of drug-likeness (QED) is 0.237. The average Bonchev–Trinajstić information content (AvgIpc) is 2.51. The van der Waals surface area contributed by atoms with Crippen molar-refractivity contribution in [2.75, 3.05) is 54.2 Å². The van der Waals surface area contributed by atoms with Gasteiger partial charge in [-0.1, -0.05) is 0 Å². The molecule has 2 N–H and O–H groups in total. The van der Waals surface area contributed by atoms with Gasteiger partial charge in [-0.15, -0.1) is 0 Å². The number of nitrogens with zero attached hydrogens (tertiary/aromatic N) is 1. The Bertz CT molecular complexity index is 285. The third-order valence-corrected chi connectivity index (χ3v) is 2.74. The Morgan fingerprint density at radius 2 is 1.71 bits per heavy atom. The van der Waals surface area contributed by atoms with Crippen LogP contribution in [0, 0.1) is 0 Å². The highest BCUT2D eigenvalue weighted by Gasteiger charge is 2.00. The van der Waals surface area contributed by atoms with E-state index in [0.29, 0.717) is 26.2 Å². The molecular weight excluding hydrogens is 274 g/mol. The van der Waals surface area contributed by atoms with Gasteiger partial charge in [0.15, 0.2) is 5.96 Å². The first kappa shape index (κ1) is 19.7. The monoisotopic (exact) mass is 303 g/mol. The molecule has 0 aromatic carbocycles.